The van der Waals surface area contributed by atoms with Crippen molar-refractivity contribution >= 4 is 11.8 Å². The fourth-order valence-corrected chi connectivity index (χ4v) is 1.76. The van der Waals surface area contributed by atoms with E-state index < -0.39 is 11.4 Å². The van der Waals surface area contributed by atoms with E-state index in [9.17, 15) is 4.79 Å². The first-order valence-electron chi connectivity index (χ1n) is 5.94. The Labute approximate surface area is 100 Å². The van der Waals surface area contributed by atoms with E-state index in [0.717, 1.165) is 37.2 Å². The summed E-state index contributed by atoms with van der Waals surface area (Å²) in [7, 11) is 0. The van der Waals surface area contributed by atoms with E-state index in [1.54, 1.807) is 0 Å². The third-order valence-electron chi connectivity index (χ3n) is 3.14. The fourth-order valence-electron chi connectivity index (χ4n) is 1.76. The summed E-state index contributed by atoms with van der Waals surface area (Å²) in [5.41, 5.74) is 0.431. The maximum Gasteiger partial charge on any atom is 0.311 e. The molecule has 0 aromatic carbocycles. The molecule has 1 fully saturated rings. The number of rotatable bonds is 6. The maximum absolute atomic E-state index is 11.0. The summed E-state index contributed by atoms with van der Waals surface area (Å²) in [6.45, 7) is 2.55. The topological polar surface area (TPSA) is 75.1 Å². The van der Waals surface area contributed by atoms with Crippen LogP contribution < -0.4 is 5.32 Å². The highest BCUT2D eigenvalue weighted by molar-refractivity contribution is 5.78. The zero-order chi connectivity index (χ0) is 12.3. The molecule has 92 valence electrons. The molecule has 1 aromatic rings. The summed E-state index contributed by atoms with van der Waals surface area (Å²) in [5, 5.41) is 12.1. The lowest BCUT2D eigenvalue weighted by molar-refractivity contribution is -0.142. The summed E-state index contributed by atoms with van der Waals surface area (Å²) >= 11 is 0. The van der Waals surface area contributed by atoms with Gasteiger partial charge in [0.15, 0.2) is 0 Å². The van der Waals surface area contributed by atoms with Gasteiger partial charge in [0.05, 0.1) is 5.41 Å². The maximum atomic E-state index is 11.0. The van der Waals surface area contributed by atoms with E-state index in [1.165, 1.54) is 6.33 Å². The Morgan fingerprint density at radius 3 is 2.88 bits per heavy atom. The predicted octanol–water partition coefficient (Wildman–Crippen LogP) is 1.71. The van der Waals surface area contributed by atoms with Crippen molar-refractivity contribution in [1.29, 1.82) is 0 Å². The van der Waals surface area contributed by atoms with Gasteiger partial charge in [0.1, 0.15) is 12.1 Å². The number of hydrogen-bond donors (Lipinski definition) is 2. The lowest BCUT2D eigenvalue weighted by Crippen LogP contribution is -2.24. The van der Waals surface area contributed by atoms with E-state index >= 15 is 0 Å². The van der Waals surface area contributed by atoms with Gasteiger partial charge in [0.2, 0.25) is 0 Å². The largest absolute Gasteiger partial charge is 0.481 e. The van der Waals surface area contributed by atoms with Crippen LogP contribution in [0.1, 0.15) is 31.9 Å². The van der Waals surface area contributed by atoms with Crippen molar-refractivity contribution in [3.05, 3.63) is 18.1 Å². The summed E-state index contributed by atoms with van der Waals surface area (Å²) < 4.78 is 0. The van der Waals surface area contributed by atoms with Crippen molar-refractivity contribution in [3.63, 3.8) is 0 Å². The number of hydrogen-bond acceptors (Lipinski definition) is 4. The minimum absolute atomic E-state index is 0.449. The van der Waals surface area contributed by atoms with Crippen LogP contribution in [0.5, 0.6) is 0 Å². The molecule has 5 heteroatoms. The van der Waals surface area contributed by atoms with Crippen molar-refractivity contribution in [2.45, 2.75) is 32.6 Å². The van der Waals surface area contributed by atoms with E-state index in [2.05, 4.69) is 22.2 Å². The normalized spacial score (nSPS) is 16.5. The van der Waals surface area contributed by atoms with E-state index in [1.807, 2.05) is 6.07 Å². The Hall–Kier alpha value is -1.65. The average Bonchev–Trinajstić information content (AvgIpc) is 3.08. The molecule has 1 aliphatic rings. The summed E-state index contributed by atoms with van der Waals surface area (Å²) in [6.07, 6.45) is 4.98. The minimum Gasteiger partial charge on any atom is -0.481 e. The van der Waals surface area contributed by atoms with Gasteiger partial charge in [-0.05, 0) is 19.3 Å². The van der Waals surface area contributed by atoms with Gasteiger partial charge in [0.25, 0.3) is 0 Å². The number of carboxylic acid groups (broad SMARTS) is 1. The molecule has 0 unspecified atom stereocenters. The van der Waals surface area contributed by atoms with Crippen LogP contribution >= 0.6 is 0 Å². The number of nitrogens with zero attached hydrogens (tertiary/aromatic N) is 2. The average molecular weight is 235 g/mol. The Balaban J connectivity index is 1.95. The van der Waals surface area contributed by atoms with Gasteiger partial charge in [-0.15, -0.1) is 0 Å². The van der Waals surface area contributed by atoms with Gasteiger partial charge >= 0.3 is 5.97 Å². The van der Waals surface area contributed by atoms with Gasteiger partial charge < -0.3 is 10.4 Å². The number of nitrogens with one attached hydrogen (secondary N) is 1. The van der Waals surface area contributed by atoms with Gasteiger partial charge in [-0.25, -0.2) is 9.97 Å². The van der Waals surface area contributed by atoms with Crippen LogP contribution in [-0.2, 0) is 11.2 Å². The first-order chi connectivity index (χ1) is 8.16. The molecule has 0 bridgehead atoms. The summed E-state index contributed by atoms with van der Waals surface area (Å²) in [5.74, 6) is 0.00353. The Bertz CT molecular complexity index is 416. The number of carboxylic acids is 1. The molecule has 1 heterocycles. The second kappa shape index (κ2) is 4.69. The molecule has 0 radical (unpaired) electrons. The molecule has 0 atom stereocenters. The zero-order valence-corrected chi connectivity index (χ0v) is 9.94. The monoisotopic (exact) mass is 235 g/mol. The van der Waals surface area contributed by atoms with E-state index in [0.29, 0.717) is 6.54 Å². The molecule has 0 aliphatic heterocycles. The second-order valence-corrected chi connectivity index (χ2v) is 4.58. The number of anilines is 1. The van der Waals surface area contributed by atoms with Crippen LogP contribution in [-0.4, -0.2) is 27.6 Å². The van der Waals surface area contributed by atoms with Crippen LogP contribution in [0.15, 0.2) is 12.4 Å². The molecule has 1 aliphatic carbocycles. The van der Waals surface area contributed by atoms with Crippen LogP contribution in [0.3, 0.4) is 0 Å². The summed E-state index contributed by atoms with van der Waals surface area (Å²) in [6, 6.07) is 1.89. The molecule has 2 N–H and O–H groups in total. The van der Waals surface area contributed by atoms with Gasteiger partial charge in [0, 0.05) is 18.3 Å². The highest BCUT2D eigenvalue weighted by atomic mass is 16.4. The molecular formula is C12H17N3O2. The fraction of sp³-hybridized carbons (Fsp3) is 0.583. The highest BCUT2D eigenvalue weighted by Crippen LogP contribution is 2.45. The highest BCUT2D eigenvalue weighted by Gasteiger charge is 2.50. The quantitative estimate of drug-likeness (QED) is 0.785. The third kappa shape index (κ3) is 2.72. The SMILES string of the molecule is CCCc1cc(NCC2(C(=O)O)CC2)ncn1. The number of aryl methyl sites for hydroxylation is 1. The Morgan fingerprint density at radius 1 is 1.53 bits per heavy atom. The van der Waals surface area contributed by atoms with Crippen molar-refractivity contribution in [1.82, 2.24) is 9.97 Å². The number of carbonyl (C=O) groups is 1. The van der Waals surface area contributed by atoms with Crippen molar-refractivity contribution in [2.24, 2.45) is 5.41 Å². The molecule has 2 rings (SSSR count). The third-order valence-corrected chi connectivity index (χ3v) is 3.14. The van der Waals surface area contributed by atoms with Crippen molar-refractivity contribution in [3.8, 4) is 0 Å². The molecule has 5 nitrogen and oxygen atoms in total. The first kappa shape index (κ1) is 11.8. The molecule has 1 saturated carbocycles. The van der Waals surface area contributed by atoms with Gasteiger partial charge in [-0.3, -0.25) is 4.79 Å². The molecule has 17 heavy (non-hydrogen) atoms. The first-order valence-corrected chi connectivity index (χ1v) is 5.94. The zero-order valence-electron chi connectivity index (χ0n) is 9.94. The van der Waals surface area contributed by atoms with Crippen LogP contribution in [0.25, 0.3) is 0 Å². The minimum atomic E-state index is -0.715. The lowest BCUT2D eigenvalue weighted by atomic mass is 10.1. The molecule has 0 saturated heterocycles. The summed E-state index contributed by atoms with van der Waals surface area (Å²) in [4.78, 5) is 19.3. The Kier molecular flexibility index (Phi) is 3.26. The second-order valence-electron chi connectivity index (χ2n) is 4.58. The van der Waals surface area contributed by atoms with Gasteiger partial charge in [-0.1, -0.05) is 13.3 Å². The van der Waals surface area contributed by atoms with Crippen LogP contribution in [0, 0.1) is 5.41 Å². The lowest BCUT2D eigenvalue weighted by Gasteiger charge is -2.11. The Morgan fingerprint density at radius 2 is 2.29 bits per heavy atom. The number of aromatic nitrogens is 2. The smallest absolute Gasteiger partial charge is 0.311 e. The van der Waals surface area contributed by atoms with E-state index in [4.69, 9.17) is 5.11 Å². The van der Waals surface area contributed by atoms with Crippen LogP contribution in [0.4, 0.5) is 5.82 Å². The van der Waals surface area contributed by atoms with Crippen molar-refractivity contribution in [2.75, 3.05) is 11.9 Å². The predicted molar refractivity (Wildman–Crippen MR) is 63.8 cm³/mol. The van der Waals surface area contributed by atoms with E-state index in [-0.39, 0.29) is 0 Å². The standard InChI is InChI=1S/C12H17N3O2/c1-2-3-9-6-10(15-8-14-9)13-7-12(4-5-12)11(16)17/h6,8H,2-5,7H2,1H3,(H,16,17)(H,13,14,15). The van der Waals surface area contributed by atoms with Crippen molar-refractivity contribution < 1.29 is 9.90 Å². The van der Waals surface area contributed by atoms with Gasteiger partial charge in [-0.2, -0.15) is 0 Å². The molecule has 1 aromatic heterocycles. The molecule has 0 spiro atoms. The number of aliphatic carboxylic acids is 1. The van der Waals surface area contributed by atoms with Crippen LogP contribution in [0.2, 0.25) is 0 Å². The molecular weight excluding hydrogens is 218 g/mol. The molecule has 0 amide bonds.